The van der Waals surface area contributed by atoms with Crippen molar-refractivity contribution in [2.24, 2.45) is 0 Å². The summed E-state index contributed by atoms with van der Waals surface area (Å²) in [5.74, 6) is 0.0946. The first-order valence-corrected chi connectivity index (χ1v) is 12.8. The summed E-state index contributed by atoms with van der Waals surface area (Å²) in [4.78, 5) is 37.1. The lowest BCUT2D eigenvalue weighted by Gasteiger charge is -2.35. The number of amides is 2. The average Bonchev–Trinajstić information content (AvgIpc) is 3.47. The third-order valence-electron chi connectivity index (χ3n) is 7.20. The van der Waals surface area contributed by atoms with E-state index in [4.69, 9.17) is 5.26 Å². The Balaban J connectivity index is 1.32. The van der Waals surface area contributed by atoms with Gasteiger partial charge in [-0.25, -0.2) is 14.2 Å². The summed E-state index contributed by atoms with van der Waals surface area (Å²) < 4.78 is 3.18. The number of carbonyl (C=O) groups excluding carboxylic acids is 1. The minimum absolute atomic E-state index is 0.0197. The maximum absolute atomic E-state index is 12.7. The molecule has 0 spiro atoms. The predicted molar refractivity (Wildman–Crippen MR) is 143 cm³/mol. The van der Waals surface area contributed by atoms with Crippen molar-refractivity contribution in [3.05, 3.63) is 47.9 Å². The molecule has 5 rings (SSSR count). The normalized spacial score (nSPS) is 16.2. The minimum atomic E-state index is -1.17. The van der Waals surface area contributed by atoms with E-state index in [9.17, 15) is 14.7 Å². The van der Waals surface area contributed by atoms with Gasteiger partial charge in [0.25, 0.3) is 5.95 Å². The third-order valence-corrected chi connectivity index (χ3v) is 7.20. The van der Waals surface area contributed by atoms with Crippen molar-refractivity contribution < 1.29 is 14.7 Å². The number of piperazine rings is 1. The van der Waals surface area contributed by atoms with Crippen LogP contribution in [0.5, 0.6) is 0 Å². The van der Waals surface area contributed by atoms with Gasteiger partial charge < -0.3 is 19.8 Å². The largest absolute Gasteiger partial charge is 0.465 e. The number of hydrogen-bond donors (Lipinski definition) is 1. The van der Waals surface area contributed by atoms with Crippen molar-refractivity contribution in [3.8, 4) is 6.07 Å². The molecule has 13 nitrogen and oxygen atoms in total. The van der Waals surface area contributed by atoms with E-state index in [-0.39, 0.29) is 18.4 Å². The second kappa shape index (κ2) is 10.4. The van der Waals surface area contributed by atoms with E-state index in [1.165, 1.54) is 4.90 Å². The maximum atomic E-state index is 12.7. The summed E-state index contributed by atoms with van der Waals surface area (Å²) in [6.07, 6.45) is 5.92. The molecule has 0 atom stereocenters. The zero-order chi connectivity index (χ0) is 27.7. The monoisotopic (exact) mass is 532 g/mol. The van der Waals surface area contributed by atoms with Gasteiger partial charge in [0, 0.05) is 57.7 Å². The van der Waals surface area contributed by atoms with Crippen molar-refractivity contribution in [2.45, 2.75) is 32.4 Å². The zero-order valence-corrected chi connectivity index (χ0v) is 22.4. The molecular weight excluding hydrogens is 500 g/mol. The number of fused-ring (bicyclic) bond motifs is 1. The van der Waals surface area contributed by atoms with Gasteiger partial charge in [-0.2, -0.15) is 15.3 Å². The van der Waals surface area contributed by atoms with Crippen LogP contribution < -0.4 is 9.80 Å². The summed E-state index contributed by atoms with van der Waals surface area (Å²) in [6, 6.07) is 5.80. The Bertz CT molecular complexity index is 1450. The number of allylic oxidation sites excluding steroid dienone is 1. The highest BCUT2D eigenvalue weighted by Crippen LogP contribution is 2.31. The fourth-order valence-electron chi connectivity index (χ4n) is 5.09. The number of carbonyl (C=O) groups is 2. The molecule has 3 aromatic heterocycles. The number of nitriles is 1. The van der Waals surface area contributed by atoms with Crippen molar-refractivity contribution in [1.29, 1.82) is 5.26 Å². The number of likely N-dealkylation sites (N-methyl/N-ethyl adjacent to an activating group) is 1. The highest BCUT2D eigenvalue weighted by molar-refractivity contribution is 5.86. The number of anilines is 2. The molecule has 3 aromatic rings. The van der Waals surface area contributed by atoms with Crippen LogP contribution in [0.25, 0.3) is 5.65 Å². The first kappa shape index (κ1) is 26.2. The van der Waals surface area contributed by atoms with E-state index in [0.717, 1.165) is 29.9 Å². The molecule has 5 heterocycles. The number of rotatable bonds is 7. The lowest BCUT2D eigenvalue weighted by Crippen LogP contribution is -2.49. The first-order chi connectivity index (χ1) is 18.6. The number of nitrogens with zero attached hydrogens (tertiary/aromatic N) is 10. The molecule has 0 radical (unpaired) electrons. The van der Waals surface area contributed by atoms with Gasteiger partial charge in [0.2, 0.25) is 5.91 Å². The van der Waals surface area contributed by atoms with E-state index in [0.29, 0.717) is 38.2 Å². The average molecular weight is 533 g/mol. The highest BCUT2D eigenvalue weighted by atomic mass is 16.4. The molecule has 39 heavy (non-hydrogen) atoms. The van der Waals surface area contributed by atoms with Gasteiger partial charge in [-0.15, -0.1) is 5.10 Å². The molecule has 0 aromatic carbocycles. The predicted octanol–water partition coefficient (Wildman–Crippen LogP) is 1.48. The molecule has 0 unspecified atom stereocenters. The summed E-state index contributed by atoms with van der Waals surface area (Å²) in [6.45, 7) is 8.11. The highest BCUT2D eigenvalue weighted by Gasteiger charge is 2.36. The Kier molecular flexibility index (Phi) is 6.96. The van der Waals surface area contributed by atoms with E-state index >= 15 is 0 Å². The van der Waals surface area contributed by atoms with E-state index in [1.807, 2.05) is 37.9 Å². The third kappa shape index (κ3) is 5.42. The van der Waals surface area contributed by atoms with E-state index < -0.39 is 11.6 Å². The van der Waals surface area contributed by atoms with Gasteiger partial charge in [0.05, 0.1) is 23.5 Å². The molecule has 204 valence electrons. The summed E-state index contributed by atoms with van der Waals surface area (Å²) >= 11 is 0. The van der Waals surface area contributed by atoms with Crippen LogP contribution >= 0.6 is 0 Å². The Morgan fingerprint density at radius 3 is 2.67 bits per heavy atom. The van der Waals surface area contributed by atoms with Crippen LogP contribution in [0.1, 0.15) is 19.4 Å². The molecule has 2 aliphatic rings. The number of pyridine rings is 1. The van der Waals surface area contributed by atoms with Gasteiger partial charge in [0.1, 0.15) is 6.54 Å². The molecule has 2 saturated heterocycles. The van der Waals surface area contributed by atoms with Crippen LogP contribution in [0, 0.1) is 11.3 Å². The molecule has 0 aliphatic carbocycles. The molecule has 2 fully saturated rings. The Hall–Kier alpha value is -4.44. The second-order valence-electron chi connectivity index (χ2n) is 10.7. The van der Waals surface area contributed by atoms with Crippen LogP contribution in [0.15, 0.2) is 42.4 Å². The fourth-order valence-corrected chi connectivity index (χ4v) is 5.09. The van der Waals surface area contributed by atoms with Crippen LogP contribution in [0.3, 0.4) is 0 Å². The lowest BCUT2D eigenvalue weighted by molar-refractivity contribution is -0.133. The van der Waals surface area contributed by atoms with Crippen LogP contribution in [0.2, 0.25) is 0 Å². The molecule has 0 bridgehead atoms. The van der Waals surface area contributed by atoms with Gasteiger partial charge >= 0.3 is 6.09 Å². The maximum Gasteiger partial charge on any atom is 0.414 e. The number of carboxylic acid groups (broad SMARTS) is 1. The van der Waals surface area contributed by atoms with Gasteiger partial charge in [-0.05, 0) is 50.6 Å². The van der Waals surface area contributed by atoms with Crippen molar-refractivity contribution in [2.75, 3.05) is 56.1 Å². The number of aromatic nitrogens is 5. The molecular formula is C26H32N10O3. The molecule has 1 N–H and O–H groups in total. The van der Waals surface area contributed by atoms with Crippen LogP contribution in [-0.4, -0.2) is 103 Å². The Morgan fingerprint density at radius 2 is 1.97 bits per heavy atom. The summed E-state index contributed by atoms with van der Waals surface area (Å²) in [5, 5.41) is 27.9. The topological polar surface area (TPSA) is 139 Å². The van der Waals surface area contributed by atoms with E-state index in [1.54, 1.807) is 33.9 Å². The number of hydrogen-bond acceptors (Lipinski definition) is 8. The van der Waals surface area contributed by atoms with Crippen LogP contribution in [-0.2, 0) is 17.8 Å². The van der Waals surface area contributed by atoms with Crippen molar-refractivity contribution in [1.82, 2.24) is 34.2 Å². The van der Waals surface area contributed by atoms with Gasteiger partial charge in [0.15, 0.2) is 5.65 Å². The van der Waals surface area contributed by atoms with Crippen LogP contribution in [0.4, 0.5) is 16.4 Å². The molecule has 2 amide bonds. The summed E-state index contributed by atoms with van der Waals surface area (Å²) in [7, 11) is 2.04. The quantitative estimate of drug-likeness (QED) is 0.448. The summed E-state index contributed by atoms with van der Waals surface area (Å²) in [5.41, 5.74) is 2.28. The van der Waals surface area contributed by atoms with Gasteiger partial charge in [-0.1, -0.05) is 0 Å². The Labute approximate surface area is 226 Å². The zero-order valence-electron chi connectivity index (χ0n) is 22.4. The van der Waals surface area contributed by atoms with Crippen molar-refractivity contribution >= 4 is 29.3 Å². The minimum Gasteiger partial charge on any atom is -0.465 e. The smallest absolute Gasteiger partial charge is 0.414 e. The standard InChI is InChI=1S/C26H32N10O3/c1-26(2,13-20-14-28-34(17-20)18-22(37)32-11-9-31(3)10-12-32)36(25(38)39)24-29-23-21(5-4-8-35(23)30-24)33-15-19(16-33)6-7-27/h4-6,8,14,17H,9-13,15-16,18H2,1-3H3,(H,38,39). The molecule has 13 heteroatoms. The molecule has 2 aliphatic heterocycles. The fraction of sp³-hybridized carbons (Fsp3) is 0.462. The second-order valence-corrected chi connectivity index (χ2v) is 10.7. The van der Waals surface area contributed by atoms with E-state index in [2.05, 4.69) is 31.1 Å². The molecule has 0 saturated carbocycles. The lowest BCUT2D eigenvalue weighted by atomic mass is 9.95. The Morgan fingerprint density at radius 1 is 1.23 bits per heavy atom. The van der Waals surface area contributed by atoms with Gasteiger partial charge in [-0.3, -0.25) is 9.48 Å². The SMILES string of the molecule is CN1CCN(C(=O)Cn2cc(CC(C)(C)N(C(=O)O)c3nc4c(N5CC(=CC#N)C5)cccn4n3)cn2)CC1. The first-order valence-electron chi connectivity index (χ1n) is 12.8. The van der Waals surface area contributed by atoms with Crippen molar-refractivity contribution in [3.63, 3.8) is 0 Å².